The van der Waals surface area contributed by atoms with Crippen molar-refractivity contribution in [2.24, 2.45) is 0 Å². The van der Waals surface area contributed by atoms with Crippen molar-refractivity contribution in [2.45, 2.75) is 11.2 Å². The van der Waals surface area contributed by atoms with Gasteiger partial charge in [0, 0.05) is 31.2 Å². The second-order valence-corrected chi connectivity index (χ2v) is 7.76. The Labute approximate surface area is 167 Å². The fraction of sp³-hybridized carbons (Fsp3) is 0.350. The monoisotopic (exact) mass is 436 g/mol. The zero-order chi connectivity index (χ0) is 18.5. The molecule has 1 unspecified atom stereocenters. The van der Waals surface area contributed by atoms with Crippen molar-refractivity contribution in [2.75, 3.05) is 38.2 Å². The van der Waals surface area contributed by atoms with Crippen LogP contribution in [0.15, 0.2) is 48.5 Å². The average Bonchev–Trinajstić information content (AvgIpc) is 2.69. The van der Waals surface area contributed by atoms with Crippen molar-refractivity contribution in [3.8, 4) is 5.75 Å². The summed E-state index contributed by atoms with van der Waals surface area (Å²) < 4.78 is 5.45. The van der Waals surface area contributed by atoms with Crippen molar-refractivity contribution in [3.05, 3.63) is 59.1 Å². The molecule has 26 heavy (non-hydrogen) atoms. The number of ether oxygens (including phenoxy) is 1. The normalized spacial score (nSPS) is 15.7. The minimum atomic E-state index is -0.264. The van der Waals surface area contributed by atoms with Crippen LogP contribution in [-0.4, -0.2) is 48.9 Å². The SMILES string of the molecule is COc1ccccc1N1CCN(C(=O)C(Br)Cc2ccccc2Cl)CC1. The number of benzene rings is 2. The quantitative estimate of drug-likeness (QED) is 0.663. The largest absolute Gasteiger partial charge is 0.495 e. The summed E-state index contributed by atoms with van der Waals surface area (Å²) in [6.45, 7) is 2.97. The van der Waals surface area contributed by atoms with E-state index in [1.54, 1.807) is 7.11 Å². The maximum absolute atomic E-state index is 12.8. The summed E-state index contributed by atoms with van der Waals surface area (Å²) in [5.41, 5.74) is 2.06. The number of halogens is 2. The minimum absolute atomic E-state index is 0.115. The molecule has 1 atom stereocenters. The first-order valence-corrected chi connectivity index (χ1v) is 9.93. The lowest BCUT2D eigenvalue weighted by Crippen LogP contribution is -2.51. The van der Waals surface area contributed by atoms with Crippen LogP contribution in [0.2, 0.25) is 5.02 Å². The number of anilines is 1. The first kappa shape index (κ1) is 19.1. The lowest BCUT2D eigenvalue weighted by atomic mass is 10.1. The molecule has 0 aromatic heterocycles. The van der Waals surface area contributed by atoms with Crippen LogP contribution >= 0.6 is 27.5 Å². The topological polar surface area (TPSA) is 32.8 Å². The van der Waals surface area contributed by atoms with Crippen LogP contribution in [0, 0.1) is 0 Å². The number of carbonyl (C=O) groups is 1. The van der Waals surface area contributed by atoms with E-state index in [0.717, 1.165) is 30.1 Å². The van der Waals surface area contributed by atoms with Gasteiger partial charge >= 0.3 is 0 Å². The second-order valence-electron chi connectivity index (χ2n) is 6.25. The molecule has 2 aromatic carbocycles. The van der Waals surface area contributed by atoms with E-state index in [2.05, 4.69) is 26.9 Å². The first-order chi connectivity index (χ1) is 12.6. The van der Waals surface area contributed by atoms with Gasteiger partial charge < -0.3 is 14.5 Å². The van der Waals surface area contributed by atoms with E-state index in [1.165, 1.54) is 0 Å². The van der Waals surface area contributed by atoms with Gasteiger partial charge in [-0.3, -0.25) is 4.79 Å². The van der Waals surface area contributed by atoms with Crippen LogP contribution in [0.4, 0.5) is 5.69 Å². The van der Waals surface area contributed by atoms with E-state index in [4.69, 9.17) is 16.3 Å². The molecule has 2 aromatic rings. The van der Waals surface area contributed by atoms with Gasteiger partial charge in [0.1, 0.15) is 5.75 Å². The number of carbonyl (C=O) groups excluding carboxylic acids is 1. The molecule has 0 spiro atoms. The molecule has 1 fully saturated rings. The Morgan fingerprint density at radius 2 is 1.77 bits per heavy atom. The Morgan fingerprint density at radius 3 is 2.46 bits per heavy atom. The summed E-state index contributed by atoms with van der Waals surface area (Å²) in [5.74, 6) is 0.981. The lowest BCUT2D eigenvalue weighted by molar-refractivity contribution is -0.130. The number of methoxy groups -OCH3 is 1. The third-order valence-electron chi connectivity index (χ3n) is 4.64. The van der Waals surface area contributed by atoms with Crippen LogP contribution < -0.4 is 9.64 Å². The fourth-order valence-electron chi connectivity index (χ4n) is 3.20. The standard InChI is InChI=1S/C20H22BrClN2O2/c1-26-19-9-5-4-8-18(19)23-10-12-24(13-11-23)20(25)16(21)14-15-6-2-3-7-17(15)22/h2-9,16H,10-14H2,1H3. The molecule has 1 aliphatic heterocycles. The van der Waals surface area contributed by atoms with E-state index < -0.39 is 0 Å². The highest BCUT2D eigenvalue weighted by Crippen LogP contribution is 2.28. The van der Waals surface area contributed by atoms with E-state index in [1.807, 2.05) is 47.4 Å². The molecule has 3 rings (SSSR count). The Morgan fingerprint density at radius 1 is 1.12 bits per heavy atom. The molecule has 0 radical (unpaired) electrons. The number of hydrogen-bond donors (Lipinski definition) is 0. The molecule has 0 N–H and O–H groups in total. The Bertz CT molecular complexity index is 763. The number of rotatable bonds is 5. The maximum Gasteiger partial charge on any atom is 0.236 e. The second kappa shape index (κ2) is 8.78. The van der Waals surface area contributed by atoms with Crippen molar-refractivity contribution < 1.29 is 9.53 Å². The fourth-order valence-corrected chi connectivity index (χ4v) is 4.05. The molecule has 138 valence electrons. The van der Waals surface area contributed by atoms with Gasteiger partial charge in [-0.1, -0.05) is 57.9 Å². The highest BCUT2D eigenvalue weighted by molar-refractivity contribution is 9.10. The van der Waals surface area contributed by atoms with Gasteiger partial charge in [0.15, 0.2) is 0 Å². The van der Waals surface area contributed by atoms with E-state index >= 15 is 0 Å². The van der Waals surface area contributed by atoms with E-state index in [-0.39, 0.29) is 10.7 Å². The molecular weight excluding hydrogens is 416 g/mol. The summed E-state index contributed by atoms with van der Waals surface area (Å²) >= 11 is 9.76. The molecule has 1 saturated heterocycles. The van der Waals surface area contributed by atoms with Crippen molar-refractivity contribution in [1.82, 2.24) is 4.90 Å². The maximum atomic E-state index is 12.8. The Kier molecular flexibility index (Phi) is 6.43. The van der Waals surface area contributed by atoms with Gasteiger partial charge in [0.05, 0.1) is 17.6 Å². The van der Waals surface area contributed by atoms with Crippen LogP contribution in [0.25, 0.3) is 0 Å². The minimum Gasteiger partial charge on any atom is -0.495 e. The highest BCUT2D eigenvalue weighted by atomic mass is 79.9. The molecule has 4 nitrogen and oxygen atoms in total. The Hall–Kier alpha value is -1.72. The molecule has 1 aliphatic rings. The molecular formula is C20H22BrClN2O2. The van der Waals surface area contributed by atoms with Crippen molar-refractivity contribution in [3.63, 3.8) is 0 Å². The first-order valence-electron chi connectivity index (χ1n) is 8.64. The molecule has 0 aliphatic carbocycles. The van der Waals surface area contributed by atoms with Crippen LogP contribution in [0.1, 0.15) is 5.56 Å². The predicted molar refractivity (Wildman–Crippen MR) is 110 cm³/mol. The molecule has 6 heteroatoms. The number of nitrogens with zero attached hydrogens (tertiary/aromatic N) is 2. The average molecular weight is 438 g/mol. The third-order valence-corrected chi connectivity index (χ3v) is 5.73. The number of piperazine rings is 1. The summed E-state index contributed by atoms with van der Waals surface area (Å²) in [6, 6.07) is 15.6. The van der Waals surface area contributed by atoms with Crippen LogP contribution in [-0.2, 0) is 11.2 Å². The number of hydrogen-bond acceptors (Lipinski definition) is 3. The van der Waals surface area contributed by atoms with Gasteiger partial charge in [-0.15, -0.1) is 0 Å². The predicted octanol–water partition coefficient (Wildman–Crippen LogP) is 4.00. The number of para-hydroxylation sites is 2. The van der Waals surface area contributed by atoms with E-state index in [0.29, 0.717) is 24.5 Å². The zero-order valence-corrected chi connectivity index (χ0v) is 17.0. The van der Waals surface area contributed by atoms with Gasteiger partial charge in [0.2, 0.25) is 5.91 Å². The number of alkyl halides is 1. The summed E-state index contributed by atoms with van der Waals surface area (Å²) in [6.07, 6.45) is 0.589. The lowest BCUT2D eigenvalue weighted by Gasteiger charge is -2.37. The van der Waals surface area contributed by atoms with Gasteiger partial charge in [-0.2, -0.15) is 0 Å². The zero-order valence-electron chi connectivity index (χ0n) is 14.7. The van der Waals surface area contributed by atoms with Crippen molar-refractivity contribution in [1.29, 1.82) is 0 Å². The smallest absolute Gasteiger partial charge is 0.236 e. The van der Waals surface area contributed by atoms with Gasteiger partial charge in [-0.05, 0) is 30.2 Å². The molecule has 0 saturated carbocycles. The van der Waals surface area contributed by atoms with Crippen molar-refractivity contribution >= 4 is 39.1 Å². The number of amides is 1. The summed E-state index contributed by atoms with van der Waals surface area (Å²) in [4.78, 5) is 16.7. The van der Waals surface area contributed by atoms with Crippen LogP contribution in [0.5, 0.6) is 5.75 Å². The molecule has 1 heterocycles. The molecule has 1 amide bonds. The van der Waals surface area contributed by atoms with E-state index in [9.17, 15) is 4.79 Å². The molecule has 0 bridgehead atoms. The van der Waals surface area contributed by atoms with Crippen LogP contribution in [0.3, 0.4) is 0 Å². The summed E-state index contributed by atoms with van der Waals surface area (Å²) in [7, 11) is 1.68. The van der Waals surface area contributed by atoms with Gasteiger partial charge in [-0.25, -0.2) is 0 Å². The third kappa shape index (κ3) is 4.33. The highest BCUT2D eigenvalue weighted by Gasteiger charge is 2.27. The van der Waals surface area contributed by atoms with Gasteiger partial charge in [0.25, 0.3) is 0 Å². The Balaban J connectivity index is 1.59. The summed E-state index contributed by atoms with van der Waals surface area (Å²) in [5, 5.41) is 0.700.